The van der Waals surface area contributed by atoms with Gasteiger partial charge in [0, 0.05) is 66.0 Å². The molecule has 2 aromatic carbocycles. The van der Waals surface area contributed by atoms with E-state index in [4.69, 9.17) is 29.8 Å². The molecule has 9 aromatic heterocycles. The van der Waals surface area contributed by atoms with Gasteiger partial charge >= 0.3 is 0 Å². The number of nitrogens with one attached hydrogen (secondary N) is 4. The van der Waals surface area contributed by atoms with Crippen LogP contribution in [0.4, 0.5) is 0 Å². The van der Waals surface area contributed by atoms with Crippen molar-refractivity contribution in [3.05, 3.63) is 156 Å². The van der Waals surface area contributed by atoms with Crippen LogP contribution in [0.15, 0.2) is 121 Å². The zero-order chi connectivity index (χ0) is 46.2. The van der Waals surface area contributed by atoms with Crippen LogP contribution in [-0.2, 0) is 19.9 Å². The van der Waals surface area contributed by atoms with E-state index in [-0.39, 0.29) is 6.10 Å². The number of fused-ring (bicyclic) bond motifs is 4. The highest BCUT2D eigenvalue weighted by molar-refractivity contribution is 6.14. The number of rotatable bonds is 10. The van der Waals surface area contributed by atoms with Crippen LogP contribution in [0.2, 0.25) is 0 Å². The van der Waals surface area contributed by atoms with Gasteiger partial charge in [-0.05, 0) is 112 Å². The molecule has 0 unspecified atom stereocenters. The van der Waals surface area contributed by atoms with Gasteiger partial charge in [-0.1, -0.05) is 18.2 Å². The molecule has 0 spiro atoms. The van der Waals surface area contributed by atoms with Gasteiger partial charge in [-0.2, -0.15) is 5.10 Å². The van der Waals surface area contributed by atoms with Crippen molar-refractivity contribution in [1.82, 2.24) is 69.1 Å². The highest BCUT2D eigenvalue weighted by Crippen LogP contribution is 2.35. The lowest BCUT2D eigenvalue weighted by Crippen LogP contribution is -2.34. The summed E-state index contributed by atoms with van der Waals surface area (Å²) in [6, 6.07) is 25.3. The van der Waals surface area contributed by atoms with Gasteiger partial charge in [0.2, 0.25) is 0 Å². The molecule has 4 N–H and O–H groups in total. The molecule has 0 bridgehead atoms. The average Bonchev–Trinajstić information content (AvgIpc) is 4.25. The Morgan fingerprint density at radius 3 is 2.32 bits per heavy atom. The molecule has 0 atom stereocenters. The van der Waals surface area contributed by atoms with Crippen molar-refractivity contribution in [3.8, 4) is 51.2 Å². The number of nitrogens with zero attached hydrogens (tertiary/aromatic N) is 11. The van der Waals surface area contributed by atoms with E-state index in [2.05, 4.69) is 122 Å². The number of aromatic nitrogens is 13. The maximum Gasteiger partial charge on any atom is 0.138 e. The van der Waals surface area contributed by atoms with Gasteiger partial charge in [-0.15, -0.1) is 0 Å². The van der Waals surface area contributed by atoms with Crippen LogP contribution in [0.1, 0.15) is 52.6 Å². The third kappa shape index (κ3) is 7.27. The molecule has 0 amide bonds. The van der Waals surface area contributed by atoms with Gasteiger partial charge in [0.15, 0.2) is 0 Å². The number of aliphatic imine (C=N–C) groups is 1. The summed E-state index contributed by atoms with van der Waals surface area (Å²) in [5.74, 6) is 1.67. The highest BCUT2D eigenvalue weighted by Gasteiger charge is 2.24. The Bertz CT molecular complexity index is 3790. The van der Waals surface area contributed by atoms with E-state index in [0.29, 0.717) is 13.0 Å². The molecule has 16 heteroatoms. The standard InChI is InChI=1S/C53H47N15O/c1-30-26-67(28-58-30)46-8-4-7-42-39(46)22-45(61-42)52-53-50(64-65-52)33(20-43(63-53)48-25-57-31(2)66(48)3)18-35-27-68(29-59-35)47-9-5-6-41-38(47)21-44(60-41)51-49-32(12-17-56-51)10-11-40(62-49)34-19-37(24-55-23-34)69-36-13-15-54-16-14-36/h4-11,19-29,36,54,60-61H,12-18H2,1-3H3,(H,64,65). The summed E-state index contributed by atoms with van der Waals surface area (Å²) < 4.78 is 12.5. The molecule has 1 fully saturated rings. The van der Waals surface area contributed by atoms with Gasteiger partial charge in [0.25, 0.3) is 0 Å². The summed E-state index contributed by atoms with van der Waals surface area (Å²) >= 11 is 0. The van der Waals surface area contributed by atoms with Gasteiger partial charge < -0.3 is 33.7 Å². The van der Waals surface area contributed by atoms with Gasteiger partial charge in [0.1, 0.15) is 40.1 Å². The minimum atomic E-state index is 0.184. The Labute approximate surface area is 395 Å². The molecule has 11 heterocycles. The van der Waals surface area contributed by atoms with Crippen LogP contribution >= 0.6 is 0 Å². The second kappa shape index (κ2) is 16.4. The minimum absolute atomic E-state index is 0.184. The average molecular weight is 910 g/mol. The maximum absolute atomic E-state index is 6.34. The first-order chi connectivity index (χ1) is 33.9. The van der Waals surface area contributed by atoms with E-state index in [1.165, 1.54) is 5.56 Å². The molecular weight excluding hydrogens is 863 g/mol. The second-order valence-electron chi connectivity index (χ2n) is 18.1. The van der Waals surface area contributed by atoms with Crippen LogP contribution in [0, 0.1) is 13.8 Å². The third-order valence-electron chi connectivity index (χ3n) is 13.6. The van der Waals surface area contributed by atoms with Crippen LogP contribution in [0.25, 0.3) is 78.2 Å². The fourth-order valence-corrected chi connectivity index (χ4v) is 9.93. The van der Waals surface area contributed by atoms with Crippen molar-refractivity contribution < 1.29 is 4.74 Å². The van der Waals surface area contributed by atoms with Crippen molar-refractivity contribution in [2.45, 2.75) is 45.6 Å². The van der Waals surface area contributed by atoms with Crippen LogP contribution in [0.3, 0.4) is 0 Å². The van der Waals surface area contributed by atoms with E-state index < -0.39 is 0 Å². The number of imidazole rings is 3. The molecule has 0 aliphatic carbocycles. The van der Waals surface area contributed by atoms with Crippen LogP contribution in [-0.4, -0.2) is 95.2 Å². The number of pyridine rings is 3. The smallest absolute Gasteiger partial charge is 0.138 e. The third-order valence-corrected chi connectivity index (χ3v) is 13.6. The SMILES string of the molecule is Cc1cn(-c2cccc3[nH]c(-c4[nH]nc5c(Cc6cn(-c7cccc8[nH]c(C9=NCCc%10ccc(-c%11cncc(OC%12CCNCC%12)c%11)nc%109)cc78)cn6)cc(-c6cnc(C)n6C)nc45)cc23)cn1. The summed E-state index contributed by atoms with van der Waals surface area (Å²) in [6.07, 6.45) is 16.9. The number of ether oxygens (including phenoxy) is 1. The lowest BCUT2D eigenvalue weighted by molar-refractivity contribution is 0.162. The number of piperidine rings is 1. The summed E-state index contributed by atoms with van der Waals surface area (Å²) in [5, 5.41) is 13.8. The molecule has 16 nitrogen and oxygen atoms in total. The molecule has 0 saturated carbocycles. The number of H-pyrrole nitrogens is 3. The minimum Gasteiger partial charge on any atom is -0.489 e. The van der Waals surface area contributed by atoms with E-state index >= 15 is 0 Å². The van der Waals surface area contributed by atoms with Gasteiger partial charge in [-0.3, -0.25) is 15.1 Å². The maximum atomic E-state index is 6.34. The van der Waals surface area contributed by atoms with E-state index in [1.807, 2.05) is 58.2 Å². The number of aromatic amines is 3. The summed E-state index contributed by atoms with van der Waals surface area (Å²) in [6.45, 7) is 6.61. The van der Waals surface area contributed by atoms with Gasteiger partial charge in [-0.25, -0.2) is 24.9 Å². The number of aryl methyl sites for hydroxylation is 2. The fraction of sp³-hybridized carbons (Fsp3) is 0.208. The number of benzene rings is 2. The lowest BCUT2D eigenvalue weighted by atomic mass is 9.99. The monoisotopic (exact) mass is 909 g/mol. The predicted molar refractivity (Wildman–Crippen MR) is 266 cm³/mol. The van der Waals surface area contributed by atoms with E-state index in [0.717, 1.165) is 156 Å². The van der Waals surface area contributed by atoms with Crippen LogP contribution < -0.4 is 10.1 Å². The van der Waals surface area contributed by atoms with Crippen molar-refractivity contribution in [2.75, 3.05) is 19.6 Å². The predicted octanol–water partition coefficient (Wildman–Crippen LogP) is 8.55. The largest absolute Gasteiger partial charge is 0.489 e. The van der Waals surface area contributed by atoms with Crippen molar-refractivity contribution >= 4 is 38.6 Å². The van der Waals surface area contributed by atoms with Crippen molar-refractivity contribution in [2.24, 2.45) is 12.0 Å². The number of hydrogen-bond donors (Lipinski definition) is 4. The molecule has 2 aliphatic rings. The Hall–Kier alpha value is -8.50. The van der Waals surface area contributed by atoms with E-state index in [9.17, 15) is 0 Å². The first-order valence-corrected chi connectivity index (χ1v) is 23.4. The van der Waals surface area contributed by atoms with E-state index in [1.54, 1.807) is 6.20 Å². The molecule has 2 aliphatic heterocycles. The Morgan fingerprint density at radius 1 is 0.754 bits per heavy atom. The van der Waals surface area contributed by atoms with Gasteiger partial charge in [0.05, 0.1) is 82.0 Å². The topological polar surface area (TPSA) is 186 Å². The normalized spacial score (nSPS) is 14.3. The summed E-state index contributed by atoms with van der Waals surface area (Å²) in [7, 11) is 2.02. The first-order valence-electron chi connectivity index (χ1n) is 23.4. The second-order valence-corrected chi connectivity index (χ2v) is 18.1. The molecular formula is C53H47N15O. The fourth-order valence-electron chi connectivity index (χ4n) is 9.93. The molecule has 340 valence electrons. The molecule has 0 radical (unpaired) electrons. The lowest BCUT2D eigenvalue weighted by Gasteiger charge is -2.23. The Kier molecular flexibility index (Phi) is 9.67. The summed E-state index contributed by atoms with van der Waals surface area (Å²) in [5.41, 5.74) is 17.4. The molecule has 13 rings (SSSR count). The zero-order valence-corrected chi connectivity index (χ0v) is 38.3. The highest BCUT2D eigenvalue weighted by atomic mass is 16.5. The zero-order valence-electron chi connectivity index (χ0n) is 38.3. The summed E-state index contributed by atoms with van der Waals surface area (Å²) in [4.78, 5) is 41.5. The first kappa shape index (κ1) is 40.7. The van der Waals surface area contributed by atoms with Crippen molar-refractivity contribution in [3.63, 3.8) is 0 Å². The van der Waals surface area contributed by atoms with Crippen LogP contribution in [0.5, 0.6) is 5.75 Å². The molecule has 1 saturated heterocycles. The molecule has 69 heavy (non-hydrogen) atoms. The Morgan fingerprint density at radius 2 is 1.54 bits per heavy atom. The number of hydrogen-bond acceptors (Lipinski definition) is 10. The quantitative estimate of drug-likeness (QED) is 0.104. The molecule has 11 aromatic rings. The Balaban J connectivity index is 0.826. The van der Waals surface area contributed by atoms with Crippen molar-refractivity contribution in [1.29, 1.82) is 0 Å².